The van der Waals surface area contributed by atoms with E-state index in [0.717, 1.165) is 29.1 Å². The van der Waals surface area contributed by atoms with Crippen LogP contribution in [0.15, 0.2) is 77.7 Å². The molecule has 0 radical (unpaired) electrons. The number of sulfonamides is 1. The minimum Gasteiger partial charge on any atom is -0.325 e. The van der Waals surface area contributed by atoms with Gasteiger partial charge < -0.3 is 5.32 Å². The second-order valence-corrected chi connectivity index (χ2v) is 9.95. The topological polar surface area (TPSA) is 66.5 Å². The Labute approximate surface area is 195 Å². The van der Waals surface area contributed by atoms with Crippen molar-refractivity contribution in [3.8, 4) is 0 Å². The molecule has 1 N–H and O–H groups in total. The number of anilines is 2. The Balaban J connectivity index is 1.83. The molecule has 168 valence electrons. The Hall–Kier alpha value is -2.83. The highest BCUT2D eigenvalue weighted by Crippen LogP contribution is 2.25. The lowest BCUT2D eigenvalue weighted by Gasteiger charge is -2.24. The highest BCUT2D eigenvalue weighted by Gasteiger charge is 2.27. The van der Waals surface area contributed by atoms with Crippen LogP contribution in [-0.2, 0) is 21.2 Å². The van der Waals surface area contributed by atoms with Crippen LogP contribution in [-0.4, -0.2) is 20.9 Å². The predicted molar refractivity (Wildman–Crippen MR) is 131 cm³/mol. The number of carbonyl (C=O) groups excluding carboxylic acids is 1. The Morgan fingerprint density at radius 3 is 2.16 bits per heavy atom. The summed E-state index contributed by atoms with van der Waals surface area (Å²) in [6.07, 6.45) is 3.22. The van der Waals surface area contributed by atoms with E-state index in [2.05, 4.69) is 12.2 Å². The molecule has 0 spiro atoms. The van der Waals surface area contributed by atoms with Crippen molar-refractivity contribution >= 4 is 38.9 Å². The molecule has 5 nitrogen and oxygen atoms in total. The maximum atomic E-state index is 13.4. The first-order valence-electron chi connectivity index (χ1n) is 10.5. The zero-order valence-electron chi connectivity index (χ0n) is 18.2. The van der Waals surface area contributed by atoms with Crippen LogP contribution in [0.2, 0.25) is 5.02 Å². The first kappa shape index (κ1) is 23.8. The van der Waals surface area contributed by atoms with Crippen molar-refractivity contribution in [2.75, 3.05) is 16.2 Å². The lowest BCUT2D eigenvalue weighted by atomic mass is 10.1. The number of hydrogen-bond donors (Lipinski definition) is 1. The molecule has 0 aliphatic heterocycles. The van der Waals surface area contributed by atoms with Crippen molar-refractivity contribution in [1.82, 2.24) is 0 Å². The molecule has 0 saturated carbocycles. The van der Waals surface area contributed by atoms with Crippen LogP contribution in [0.3, 0.4) is 0 Å². The number of aryl methyl sites for hydroxylation is 2. The third-order valence-corrected chi connectivity index (χ3v) is 7.11. The van der Waals surface area contributed by atoms with Crippen molar-refractivity contribution in [3.05, 3.63) is 88.9 Å². The molecule has 3 aromatic carbocycles. The molecule has 3 rings (SSSR count). The van der Waals surface area contributed by atoms with Crippen LogP contribution in [0.1, 0.15) is 30.9 Å². The van der Waals surface area contributed by atoms with Crippen LogP contribution in [0.5, 0.6) is 0 Å². The van der Waals surface area contributed by atoms with E-state index < -0.39 is 15.9 Å². The summed E-state index contributed by atoms with van der Waals surface area (Å²) in [5.41, 5.74) is 3.24. The highest BCUT2D eigenvalue weighted by molar-refractivity contribution is 7.92. The van der Waals surface area contributed by atoms with Crippen LogP contribution >= 0.6 is 11.6 Å². The fourth-order valence-corrected chi connectivity index (χ4v) is 4.77. The van der Waals surface area contributed by atoms with Gasteiger partial charge in [0.25, 0.3) is 10.0 Å². The van der Waals surface area contributed by atoms with Crippen LogP contribution in [0.25, 0.3) is 0 Å². The number of halogens is 1. The molecule has 7 heteroatoms. The van der Waals surface area contributed by atoms with E-state index in [1.807, 2.05) is 43.3 Å². The monoisotopic (exact) mass is 470 g/mol. The van der Waals surface area contributed by atoms with E-state index in [9.17, 15) is 13.2 Å². The van der Waals surface area contributed by atoms with Gasteiger partial charge in [0.05, 0.1) is 10.6 Å². The van der Waals surface area contributed by atoms with Crippen LogP contribution in [0.4, 0.5) is 11.4 Å². The number of amides is 1. The minimum absolute atomic E-state index is 0.0653. The summed E-state index contributed by atoms with van der Waals surface area (Å²) >= 11 is 5.92. The molecule has 0 bridgehead atoms. The molecule has 0 fully saturated rings. The second kappa shape index (κ2) is 10.7. The third kappa shape index (κ3) is 6.11. The van der Waals surface area contributed by atoms with E-state index in [1.165, 1.54) is 29.8 Å². The molecular weight excluding hydrogens is 444 g/mol. The molecule has 0 atom stereocenters. The molecule has 1 amide bonds. The number of unbranched alkanes of at least 4 members (excludes halogenated alkanes) is 1. The molecule has 0 aliphatic carbocycles. The SMILES string of the molecule is CCCCc1ccc(NC(=O)CN(c2ccc(C)cc2)S(=O)(=O)c2ccc(Cl)cc2)cc1. The summed E-state index contributed by atoms with van der Waals surface area (Å²) in [6.45, 7) is 3.71. The first-order chi connectivity index (χ1) is 15.3. The normalized spacial score (nSPS) is 11.2. The molecular formula is C25H27ClN2O3S. The molecule has 0 aromatic heterocycles. The summed E-state index contributed by atoms with van der Waals surface area (Å²) in [4.78, 5) is 12.9. The van der Waals surface area contributed by atoms with Gasteiger partial charge in [-0.3, -0.25) is 9.10 Å². The molecule has 0 aliphatic rings. The predicted octanol–water partition coefficient (Wildman–Crippen LogP) is 5.83. The number of nitrogens with zero attached hydrogens (tertiary/aromatic N) is 1. The van der Waals surface area contributed by atoms with E-state index in [0.29, 0.717) is 16.4 Å². The average molecular weight is 471 g/mol. The number of hydrogen-bond acceptors (Lipinski definition) is 3. The number of carbonyl (C=O) groups is 1. The van der Waals surface area contributed by atoms with Gasteiger partial charge in [-0.25, -0.2) is 8.42 Å². The maximum absolute atomic E-state index is 13.4. The third-order valence-electron chi connectivity index (χ3n) is 5.07. The van der Waals surface area contributed by atoms with Gasteiger partial charge in [-0.05, 0) is 73.9 Å². The van der Waals surface area contributed by atoms with Crippen molar-refractivity contribution in [2.45, 2.75) is 38.0 Å². The summed E-state index contributed by atoms with van der Waals surface area (Å²) in [6, 6.07) is 20.6. The average Bonchev–Trinajstić information content (AvgIpc) is 2.78. The van der Waals surface area contributed by atoms with Gasteiger partial charge in [-0.1, -0.05) is 54.8 Å². The minimum atomic E-state index is -3.97. The Morgan fingerprint density at radius 1 is 0.938 bits per heavy atom. The van der Waals surface area contributed by atoms with Crippen LogP contribution < -0.4 is 9.62 Å². The maximum Gasteiger partial charge on any atom is 0.264 e. The Kier molecular flexibility index (Phi) is 7.94. The smallest absolute Gasteiger partial charge is 0.264 e. The lowest BCUT2D eigenvalue weighted by Crippen LogP contribution is -2.38. The van der Waals surface area contributed by atoms with Crippen molar-refractivity contribution in [1.29, 1.82) is 0 Å². The van der Waals surface area contributed by atoms with Gasteiger partial charge >= 0.3 is 0 Å². The van der Waals surface area contributed by atoms with Gasteiger partial charge in [-0.2, -0.15) is 0 Å². The van der Waals surface area contributed by atoms with Gasteiger partial charge in [-0.15, -0.1) is 0 Å². The fraction of sp³-hybridized carbons (Fsp3) is 0.240. The van der Waals surface area contributed by atoms with Gasteiger partial charge in [0, 0.05) is 10.7 Å². The zero-order chi connectivity index (χ0) is 23.1. The number of benzene rings is 3. The zero-order valence-corrected chi connectivity index (χ0v) is 19.8. The van der Waals surface area contributed by atoms with Crippen molar-refractivity contribution < 1.29 is 13.2 Å². The van der Waals surface area contributed by atoms with Crippen LogP contribution in [0, 0.1) is 6.92 Å². The molecule has 0 heterocycles. The van der Waals surface area contributed by atoms with E-state index in [1.54, 1.807) is 12.1 Å². The first-order valence-corrected chi connectivity index (χ1v) is 12.3. The number of nitrogens with one attached hydrogen (secondary N) is 1. The van der Waals surface area contributed by atoms with Gasteiger partial charge in [0.2, 0.25) is 5.91 Å². The molecule has 0 saturated heterocycles. The van der Waals surface area contributed by atoms with E-state index in [4.69, 9.17) is 11.6 Å². The fourth-order valence-electron chi connectivity index (χ4n) is 3.23. The largest absolute Gasteiger partial charge is 0.325 e. The summed E-state index contributed by atoms with van der Waals surface area (Å²) in [5.74, 6) is -0.426. The quantitative estimate of drug-likeness (QED) is 0.428. The summed E-state index contributed by atoms with van der Waals surface area (Å²) < 4.78 is 27.8. The van der Waals surface area contributed by atoms with Crippen molar-refractivity contribution in [3.63, 3.8) is 0 Å². The molecule has 0 unspecified atom stereocenters. The second-order valence-electron chi connectivity index (χ2n) is 7.65. The highest BCUT2D eigenvalue weighted by atomic mass is 35.5. The van der Waals surface area contributed by atoms with Crippen molar-refractivity contribution in [2.24, 2.45) is 0 Å². The van der Waals surface area contributed by atoms with E-state index in [-0.39, 0.29) is 11.4 Å². The Bertz CT molecular complexity index is 1140. The summed E-state index contributed by atoms with van der Waals surface area (Å²) in [5, 5.41) is 3.24. The number of rotatable bonds is 9. The lowest BCUT2D eigenvalue weighted by molar-refractivity contribution is -0.114. The Morgan fingerprint density at radius 2 is 1.56 bits per heavy atom. The van der Waals surface area contributed by atoms with E-state index >= 15 is 0 Å². The molecule has 3 aromatic rings. The van der Waals surface area contributed by atoms with Gasteiger partial charge in [0.15, 0.2) is 0 Å². The summed E-state index contributed by atoms with van der Waals surface area (Å²) in [7, 11) is -3.97. The van der Waals surface area contributed by atoms with Gasteiger partial charge in [0.1, 0.15) is 6.54 Å². The standard InChI is InChI=1S/C25H27ClN2O3S/c1-3-4-5-20-8-12-22(13-9-20)27-25(29)18-28(23-14-6-19(2)7-15-23)32(30,31)24-16-10-21(26)11-17-24/h6-17H,3-5,18H2,1-2H3,(H,27,29). The molecule has 32 heavy (non-hydrogen) atoms.